The lowest BCUT2D eigenvalue weighted by molar-refractivity contribution is 0.253. The fourth-order valence-corrected chi connectivity index (χ4v) is 2.92. The topological polar surface area (TPSA) is 3.24 Å². The van der Waals surface area contributed by atoms with Gasteiger partial charge in [-0.3, -0.25) is 0 Å². The van der Waals surface area contributed by atoms with Gasteiger partial charge in [0, 0.05) is 19.6 Å². The smallest absolute Gasteiger partial charge is 0.00131 e. The van der Waals surface area contributed by atoms with Gasteiger partial charge in [-0.05, 0) is 30.6 Å². The van der Waals surface area contributed by atoms with Gasteiger partial charge in [-0.15, -0.1) is 0 Å². The fraction of sp³-hybridized carbons (Fsp3) is 1.00. The molecule has 0 bridgehead atoms. The van der Waals surface area contributed by atoms with Crippen LogP contribution in [0.1, 0.15) is 46.0 Å². The third kappa shape index (κ3) is 2.73. The first-order valence-corrected chi connectivity index (χ1v) is 6.52. The minimum atomic E-state index is 0.930. The number of piperidine rings is 1. The first-order valence-electron chi connectivity index (χ1n) is 6.52. The third-order valence-corrected chi connectivity index (χ3v) is 3.92. The molecule has 2 fully saturated rings. The van der Waals surface area contributed by atoms with E-state index >= 15 is 0 Å². The van der Waals surface area contributed by atoms with Crippen LogP contribution >= 0.6 is 0 Å². The summed E-state index contributed by atoms with van der Waals surface area (Å²) in [4.78, 5) is 2.70. The quantitative estimate of drug-likeness (QED) is 0.588. The monoisotopic (exact) mass is 195 g/mol. The van der Waals surface area contributed by atoms with Gasteiger partial charge in [0.15, 0.2) is 0 Å². The Morgan fingerprint density at radius 1 is 1.21 bits per heavy atom. The molecule has 0 amide bonds. The Kier molecular flexibility index (Phi) is 3.48. The van der Waals surface area contributed by atoms with Crippen molar-refractivity contribution in [1.29, 1.82) is 0 Å². The summed E-state index contributed by atoms with van der Waals surface area (Å²) >= 11 is 0. The second kappa shape index (κ2) is 4.65. The van der Waals surface area contributed by atoms with E-state index in [1.54, 1.807) is 6.42 Å². The van der Waals surface area contributed by atoms with Gasteiger partial charge in [0.1, 0.15) is 0 Å². The van der Waals surface area contributed by atoms with Crippen molar-refractivity contribution in [2.75, 3.05) is 19.6 Å². The van der Waals surface area contributed by atoms with Gasteiger partial charge < -0.3 is 4.90 Å². The largest absolute Gasteiger partial charge is 0.302 e. The summed E-state index contributed by atoms with van der Waals surface area (Å²) in [6.45, 7) is 8.93. The Hall–Kier alpha value is -0.0400. The minimum absolute atomic E-state index is 0.930. The average Bonchev–Trinajstić information content (AvgIpc) is 2.75. The summed E-state index contributed by atoms with van der Waals surface area (Å²) in [6.07, 6.45) is 7.22. The van der Waals surface area contributed by atoms with Crippen molar-refractivity contribution in [2.24, 2.45) is 17.8 Å². The van der Waals surface area contributed by atoms with Crippen LogP contribution in [0.25, 0.3) is 0 Å². The van der Waals surface area contributed by atoms with Gasteiger partial charge in [-0.2, -0.15) is 0 Å². The molecule has 1 saturated heterocycles. The predicted molar refractivity (Wildman–Crippen MR) is 61.3 cm³/mol. The third-order valence-electron chi connectivity index (χ3n) is 3.92. The predicted octanol–water partition coefficient (Wildman–Crippen LogP) is 3.15. The number of likely N-dealkylation sites (tertiary alicyclic amines) is 1. The molecule has 0 aromatic rings. The van der Waals surface area contributed by atoms with E-state index in [0.29, 0.717) is 0 Å². The van der Waals surface area contributed by atoms with Crippen LogP contribution in [0.4, 0.5) is 0 Å². The van der Waals surface area contributed by atoms with Gasteiger partial charge in [-0.25, -0.2) is 0 Å². The maximum Gasteiger partial charge on any atom is 0.00131 e. The molecule has 1 saturated carbocycles. The second-order valence-corrected chi connectivity index (χ2v) is 5.58. The van der Waals surface area contributed by atoms with E-state index in [1.807, 2.05) is 0 Å². The maximum absolute atomic E-state index is 2.70. The van der Waals surface area contributed by atoms with Crippen LogP contribution in [0.2, 0.25) is 0 Å². The Labute approximate surface area is 88.9 Å². The molecule has 0 aromatic heterocycles. The average molecular weight is 195 g/mol. The van der Waals surface area contributed by atoms with Crippen molar-refractivity contribution < 1.29 is 0 Å². The van der Waals surface area contributed by atoms with Crippen molar-refractivity contribution >= 4 is 0 Å². The summed E-state index contributed by atoms with van der Waals surface area (Å²) in [6, 6.07) is 0. The van der Waals surface area contributed by atoms with Crippen LogP contribution in [-0.4, -0.2) is 24.5 Å². The molecule has 2 rings (SSSR count). The molecule has 1 nitrogen and oxygen atoms in total. The number of fused-ring (bicyclic) bond motifs is 1. The lowest BCUT2D eigenvalue weighted by Crippen LogP contribution is -2.27. The van der Waals surface area contributed by atoms with Gasteiger partial charge in [0.05, 0.1) is 0 Å². The molecule has 0 spiro atoms. The van der Waals surface area contributed by atoms with Crippen molar-refractivity contribution in [3.63, 3.8) is 0 Å². The van der Waals surface area contributed by atoms with E-state index in [0.717, 1.165) is 17.8 Å². The molecule has 0 aromatic carbocycles. The summed E-state index contributed by atoms with van der Waals surface area (Å²) < 4.78 is 0. The van der Waals surface area contributed by atoms with E-state index in [4.69, 9.17) is 0 Å². The highest BCUT2D eigenvalue weighted by Crippen LogP contribution is 2.44. The molecule has 14 heavy (non-hydrogen) atoms. The molecule has 0 radical (unpaired) electrons. The van der Waals surface area contributed by atoms with Gasteiger partial charge in [-0.1, -0.05) is 33.1 Å². The molecule has 3 unspecified atom stereocenters. The zero-order chi connectivity index (χ0) is 9.97. The lowest BCUT2D eigenvalue weighted by Gasteiger charge is -2.21. The molecule has 2 aliphatic rings. The van der Waals surface area contributed by atoms with Crippen molar-refractivity contribution in [3.8, 4) is 0 Å². The Morgan fingerprint density at radius 2 is 1.93 bits per heavy atom. The van der Waals surface area contributed by atoms with Crippen molar-refractivity contribution in [3.05, 3.63) is 0 Å². The molecule has 1 heteroatoms. The Bertz CT molecular complexity index is 168. The van der Waals surface area contributed by atoms with Crippen LogP contribution in [0.3, 0.4) is 0 Å². The van der Waals surface area contributed by atoms with Crippen LogP contribution in [-0.2, 0) is 0 Å². The number of nitrogens with zero attached hydrogens (tertiary/aromatic N) is 1. The summed E-state index contributed by atoms with van der Waals surface area (Å²) in [5.41, 5.74) is 0. The number of hydrogen-bond acceptors (Lipinski definition) is 1. The second-order valence-electron chi connectivity index (χ2n) is 5.58. The lowest BCUT2D eigenvalue weighted by atomic mass is 10.0. The number of rotatable bonds is 6. The minimum Gasteiger partial charge on any atom is -0.302 e. The van der Waals surface area contributed by atoms with Crippen molar-refractivity contribution in [2.45, 2.75) is 46.0 Å². The van der Waals surface area contributed by atoms with Crippen LogP contribution in [0, 0.1) is 17.8 Å². The van der Waals surface area contributed by atoms with E-state index in [1.165, 1.54) is 45.3 Å². The first kappa shape index (κ1) is 10.5. The first-order chi connectivity index (χ1) is 6.79. The number of hydrogen-bond donors (Lipinski definition) is 0. The standard InChI is InChI=1S/C13H25N/c1-3-4-5-6-11(2)8-14-9-12-7-13(12)10-14/h11-13H,3-10H2,1-2H3. The van der Waals surface area contributed by atoms with Gasteiger partial charge >= 0.3 is 0 Å². The maximum atomic E-state index is 2.70. The Balaban J connectivity index is 1.55. The molecule has 3 atom stereocenters. The number of unbranched alkanes of at least 4 members (excludes halogenated alkanes) is 2. The van der Waals surface area contributed by atoms with Crippen LogP contribution in [0.15, 0.2) is 0 Å². The molecule has 1 aliphatic heterocycles. The highest BCUT2D eigenvalue weighted by molar-refractivity contribution is 4.96. The van der Waals surface area contributed by atoms with E-state index in [2.05, 4.69) is 18.7 Å². The molecular weight excluding hydrogens is 170 g/mol. The zero-order valence-electron chi connectivity index (χ0n) is 9.84. The van der Waals surface area contributed by atoms with E-state index < -0.39 is 0 Å². The molecule has 82 valence electrons. The van der Waals surface area contributed by atoms with E-state index in [9.17, 15) is 0 Å². The highest BCUT2D eigenvalue weighted by atomic mass is 15.2. The summed E-state index contributed by atoms with van der Waals surface area (Å²) in [7, 11) is 0. The normalized spacial score (nSPS) is 33.0. The summed E-state index contributed by atoms with van der Waals surface area (Å²) in [5, 5.41) is 0. The molecule has 0 N–H and O–H groups in total. The SMILES string of the molecule is CCCCCC(C)CN1CC2CC2C1. The van der Waals surface area contributed by atoms with Crippen LogP contribution < -0.4 is 0 Å². The Morgan fingerprint density at radius 3 is 2.57 bits per heavy atom. The fourth-order valence-electron chi connectivity index (χ4n) is 2.92. The molecular formula is C13H25N. The van der Waals surface area contributed by atoms with Gasteiger partial charge in [0.25, 0.3) is 0 Å². The highest BCUT2D eigenvalue weighted by Gasteiger charge is 2.44. The van der Waals surface area contributed by atoms with E-state index in [-0.39, 0.29) is 0 Å². The van der Waals surface area contributed by atoms with Crippen molar-refractivity contribution in [1.82, 2.24) is 4.90 Å². The van der Waals surface area contributed by atoms with Gasteiger partial charge in [0.2, 0.25) is 0 Å². The molecule has 1 aliphatic carbocycles. The summed E-state index contributed by atoms with van der Waals surface area (Å²) in [5.74, 6) is 3.15. The zero-order valence-corrected chi connectivity index (χ0v) is 9.84. The molecule has 1 heterocycles. The van der Waals surface area contributed by atoms with Crippen LogP contribution in [0.5, 0.6) is 0 Å².